The molecule has 5 heteroatoms. The third-order valence-electron chi connectivity index (χ3n) is 6.38. The van der Waals surface area contributed by atoms with Crippen LogP contribution in [-0.4, -0.2) is 54.5 Å². The van der Waals surface area contributed by atoms with E-state index in [9.17, 15) is 9.59 Å². The Bertz CT molecular complexity index is 679. The van der Waals surface area contributed by atoms with E-state index in [-0.39, 0.29) is 17.2 Å². The fourth-order valence-electron chi connectivity index (χ4n) is 4.77. The highest BCUT2D eigenvalue weighted by Gasteiger charge is 2.52. The number of hydrogen-bond donors (Lipinski definition) is 0. The number of carbonyl (C=O) groups is 2. The molecule has 1 spiro atoms. The molecule has 140 valence electrons. The summed E-state index contributed by atoms with van der Waals surface area (Å²) in [5.41, 5.74) is 2.18. The van der Waals surface area contributed by atoms with Crippen molar-refractivity contribution >= 4 is 17.5 Å². The molecule has 0 unspecified atom stereocenters. The molecule has 0 bridgehead atoms. The SMILES string of the molecule is Cc1ccc(N2CCCN(CN3C(=O)CC4(CCCC4)C3=O)CC2)cc1. The first-order valence-electron chi connectivity index (χ1n) is 9.96. The van der Waals surface area contributed by atoms with Crippen molar-refractivity contribution < 1.29 is 9.59 Å². The summed E-state index contributed by atoms with van der Waals surface area (Å²) in [5, 5.41) is 0. The molecular weight excluding hydrogens is 326 g/mol. The zero-order chi connectivity index (χ0) is 18.1. The van der Waals surface area contributed by atoms with Crippen molar-refractivity contribution in [1.29, 1.82) is 0 Å². The number of likely N-dealkylation sites (tertiary alicyclic amines) is 1. The Morgan fingerprint density at radius 3 is 2.38 bits per heavy atom. The van der Waals surface area contributed by atoms with Gasteiger partial charge >= 0.3 is 0 Å². The van der Waals surface area contributed by atoms with Crippen LogP contribution in [0.15, 0.2) is 24.3 Å². The summed E-state index contributed by atoms with van der Waals surface area (Å²) in [6.07, 6.45) is 5.46. The van der Waals surface area contributed by atoms with E-state index in [0.29, 0.717) is 13.1 Å². The molecular formula is C21H29N3O2. The molecule has 2 heterocycles. The second-order valence-electron chi connectivity index (χ2n) is 8.23. The molecule has 3 fully saturated rings. The van der Waals surface area contributed by atoms with Crippen molar-refractivity contribution in [3.8, 4) is 0 Å². The van der Waals surface area contributed by atoms with E-state index in [0.717, 1.165) is 58.3 Å². The second-order valence-corrected chi connectivity index (χ2v) is 8.23. The minimum Gasteiger partial charge on any atom is -0.370 e. The number of aryl methyl sites for hydroxylation is 1. The predicted octanol–water partition coefficient (Wildman–Crippen LogP) is 2.78. The van der Waals surface area contributed by atoms with E-state index in [1.807, 2.05) is 0 Å². The lowest BCUT2D eigenvalue weighted by molar-refractivity contribution is -0.143. The molecule has 26 heavy (non-hydrogen) atoms. The third-order valence-corrected chi connectivity index (χ3v) is 6.38. The summed E-state index contributed by atoms with van der Waals surface area (Å²) in [6.45, 7) is 6.36. The number of benzene rings is 1. The Labute approximate surface area is 155 Å². The number of imide groups is 1. The van der Waals surface area contributed by atoms with E-state index in [1.165, 1.54) is 11.3 Å². The van der Waals surface area contributed by atoms with Gasteiger partial charge in [-0.2, -0.15) is 0 Å². The van der Waals surface area contributed by atoms with Crippen LogP contribution in [0.4, 0.5) is 5.69 Å². The van der Waals surface area contributed by atoms with Crippen LogP contribution in [0.1, 0.15) is 44.1 Å². The minimum absolute atomic E-state index is 0.0385. The third kappa shape index (κ3) is 3.25. The van der Waals surface area contributed by atoms with E-state index in [4.69, 9.17) is 0 Å². The number of anilines is 1. The normalized spacial score (nSPS) is 23.9. The molecule has 1 aromatic carbocycles. The molecule has 1 aromatic rings. The van der Waals surface area contributed by atoms with Gasteiger partial charge in [-0.05, 0) is 38.3 Å². The van der Waals surface area contributed by atoms with Gasteiger partial charge in [0.1, 0.15) is 0 Å². The Morgan fingerprint density at radius 2 is 1.65 bits per heavy atom. The maximum Gasteiger partial charge on any atom is 0.237 e. The molecule has 1 aliphatic carbocycles. The van der Waals surface area contributed by atoms with E-state index >= 15 is 0 Å². The van der Waals surface area contributed by atoms with E-state index in [2.05, 4.69) is 41.0 Å². The molecule has 0 atom stereocenters. The van der Waals surface area contributed by atoms with Gasteiger partial charge in [0.15, 0.2) is 0 Å². The Balaban J connectivity index is 1.38. The Hall–Kier alpha value is -1.88. The van der Waals surface area contributed by atoms with Gasteiger partial charge in [-0.15, -0.1) is 0 Å². The number of carbonyl (C=O) groups excluding carboxylic acids is 2. The number of hydrogen-bond acceptors (Lipinski definition) is 4. The summed E-state index contributed by atoms with van der Waals surface area (Å²) in [7, 11) is 0. The van der Waals surface area contributed by atoms with Crippen LogP contribution in [0, 0.1) is 12.3 Å². The molecule has 5 nitrogen and oxygen atoms in total. The highest BCUT2D eigenvalue weighted by molar-refractivity contribution is 6.06. The average molecular weight is 355 g/mol. The summed E-state index contributed by atoms with van der Waals surface area (Å²) in [6, 6.07) is 8.67. The van der Waals surface area contributed by atoms with Crippen LogP contribution in [0.25, 0.3) is 0 Å². The monoisotopic (exact) mass is 355 g/mol. The Morgan fingerprint density at radius 1 is 0.923 bits per heavy atom. The van der Waals surface area contributed by atoms with Gasteiger partial charge in [0.05, 0.1) is 12.1 Å². The van der Waals surface area contributed by atoms with Crippen molar-refractivity contribution in [2.24, 2.45) is 5.41 Å². The lowest BCUT2D eigenvalue weighted by Gasteiger charge is -2.27. The van der Waals surface area contributed by atoms with Crippen LogP contribution in [-0.2, 0) is 9.59 Å². The van der Waals surface area contributed by atoms with Crippen molar-refractivity contribution in [2.45, 2.75) is 45.4 Å². The topological polar surface area (TPSA) is 43.9 Å². The number of rotatable bonds is 3. The van der Waals surface area contributed by atoms with Gasteiger partial charge in [0, 0.05) is 38.3 Å². The van der Waals surface area contributed by atoms with Gasteiger partial charge < -0.3 is 4.90 Å². The number of amides is 2. The van der Waals surface area contributed by atoms with Crippen molar-refractivity contribution in [3.63, 3.8) is 0 Å². The van der Waals surface area contributed by atoms with Gasteiger partial charge in [-0.1, -0.05) is 30.5 Å². The summed E-state index contributed by atoms with van der Waals surface area (Å²) >= 11 is 0. The van der Waals surface area contributed by atoms with Gasteiger partial charge in [-0.25, -0.2) is 0 Å². The first-order chi connectivity index (χ1) is 12.6. The van der Waals surface area contributed by atoms with Gasteiger partial charge in [-0.3, -0.25) is 19.4 Å². The molecule has 4 rings (SSSR count). The predicted molar refractivity (Wildman–Crippen MR) is 102 cm³/mol. The standard InChI is InChI=1S/C21H29N3O2/c1-17-5-7-18(8-6-17)23-12-4-11-22(13-14-23)16-24-19(25)15-21(20(24)26)9-2-3-10-21/h5-8H,2-4,9-16H2,1H3. The van der Waals surface area contributed by atoms with Crippen LogP contribution >= 0.6 is 0 Å². The van der Waals surface area contributed by atoms with Crippen LogP contribution in [0.3, 0.4) is 0 Å². The van der Waals surface area contributed by atoms with Crippen LogP contribution in [0.2, 0.25) is 0 Å². The minimum atomic E-state index is -0.350. The Kier molecular flexibility index (Phi) is 4.74. The fraction of sp³-hybridized carbons (Fsp3) is 0.619. The largest absolute Gasteiger partial charge is 0.370 e. The molecule has 0 aromatic heterocycles. The smallest absolute Gasteiger partial charge is 0.237 e. The maximum absolute atomic E-state index is 12.9. The quantitative estimate of drug-likeness (QED) is 0.782. The maximum atomic E-state index is 12.9. The molecule has 2 saturated heterocycles. The van der Waals surface area contributed by atoms with Crippen LogP contribution in [0.5, 0.6) is 0 Å². The highest BCUT2D eigenvalue weighted by Crippen LogP contribution is 2.46. The molecule has 2 amide bonds. The fourth-order valence-corrected chi connectivity index (χ4v) is 4.77. The molecule has 3 aliphatic rings. The van der Waals surface area contributed by atoms with Crippen molar-refractivity contribution in [3.05, 3.63) is 29.8 Å². The lowest BCUT2D eigenvalue weighted by Crippen LogP contribution is -2.44. The van der Waals surface area contributed by atoms with Crippen LogP contribution < -0.4 is 4.90 Å². The first-order valence-corrected chi connectivity index (χ1v) is 9.96. The molecule has 2 aliphatic heterocycles. The van der Waals surface area contributed by atoms with Gasteiger partial charge in [0.25, 0.3) is 0 Å². The van der Waals surface area contributed by atoms with E-state index < -0.39 is 0 Å². The lowest BCUT2D eigenvalue weighted by atomic mass is 9.85. The highest BCUT2D eigenvalue weighted by atomic mass is 16.2. The molecule has 0 radical (unpaired) electrons. The number of nitrogens with zero attached hydrogens (tertiary/aromatic N) is 3. The molecule has 1 saturated carbocycles. The van der Waals surface area contributed by atoms with Gasteiger partial charge in [0.2, 0.25) is 11.8 Å². The van der Waals surface area contributed by atoms with Crippen molar-refractivity contribution in [2.75, 3.05) is 37.7 Å². The average Bonchev–Trinajstić information content (AvgIpc) is 3.09. The van der Waals surface area contributed by atoms with Crippen molar-refractivity contribution in [1.82, 2.24) is 9.80 Å². The summed E-state index contributed by atoms with van der Waals surface area (Å²) in [4.78, 5) is 31.6. The van der Waals surface area contributed by atoms with E-state index in [1.54, 1.807) is 4.90 Å². The zero-order valence-electron chi connectivity index (χ0n) is 15.7. The molecule has 0 N–H and O–H groups in total. The summed E-state index contributed by atoms with van der Waals surface area (Å²) < 4.78 is 0. The second kappa shape index (κ2) is 7.03. The first kappa shape index (κ1) is 17.5. The summed E-state index contributed by atoms with van der Waals surface area (Å²) in [5.74, 6) is 0.135. The zero-order valence-corrected chi connectivity index (χ0v) is 15.7.